The Kier molecular flexibility index (Phi) is 6.63. The summed E-state index contributed by atoms with van der Waals surface area (Å²) < 4.78 is 4.87. The first kappa shape index (κ1) is 18.2. The zero-order valence-electron chi connectivity index (χ0n) is 12.2. The first-order valence-electron chi connectivity index (χ1n) is 6.35. The van der Waals surface area contributed by atoms with Crippen molar-refractivity contribution in [2.45, 2.75) is 26.8 Å². The second-order valence-electron chi connectivity index (χ2n) is 4.52. The third kappa shape index (κ3) is 4.35. The molecule has 1 amide bonds. The number of halogens is 1. The molecular formula is C13H17ClN4O3S. The van der Waals surface area contributed by atoms with Gasteiger partial charge in [0.25, 0.3) is 0 Å². The molecule has 0 spiro atoms. The summed E-state index contributed by atoms with van der Waals surface area (Å²) in [5.74, 6) is 0.928. The number of hydrogen-bond acceptors (Lipinski definition) is 7. The predicted molar refractivity (Wildman–Crippen MR) is 86.3 cm³/mol. The Hall–Kier alpha value is -1.80. The molecule has 9 heteroatoms. The Morgan fingerprint density at radius 2 is 2.32 bits per heavy atom. The molecule has 120 valence electrons. The van der Waals surface area contributed by atoms with E-state index in [9.17, 15) is 9.59 Å². The molecule has 0 aromatic carbocycles. The fourth-order valence-electron chi connectivity index (χ4n) is 1.88. The highest BCUT2D eigenvalue weighted by molar-refractivity contribution is 8.16. The van der Waals surface area contributed by atoms with Gasteiger partial charge in [-0.25, -0.2) is 14.8 Å². The van der Waals surface area contributed by atoms with Crippen molar-refractivity contribution in [2.24, 2.45) is 0 Å². The number of rotatable bonds is 4. The van der Waals surface area contributed by atoms with Crippen LogP contribution in [-0.2, 0) is 16.1 Å². The number of amides is 1. The summed E-state index contributed by atoms with van der Waals surface area (Å²) in [5, 5.41) is -0.348. The molecule has 1 fully saturated rings. The van der Waals surface area contributed by atoms with Crippen molar-refractivity contribution < 1.29 is 14.3 Å². The van der Waals surface area contributed by atoms with Gasteiger partial charge in [-0.05, 0) is 25.6 Å². The van der Waals surface area contributed by atoms with E-state index in [1.165, 1.54) is 4.90 Å². The van der Waals surface area contributed by atoms with Crippen LogP contribution in [0.2, 0.25) is 0 Å². The first-order valence-corrected chi connectivity index (χ1v) is 7.17. The number of carbonyl (C=O) groups excluding carboxylic acids is 2. The Labute approximate surface area is 138 Å². The monoisotopic (exact) mass is 344 g/mol. The lowest BCUT2D eigenvalue weighted by Gasteiger charge is -2.23. The van der Waals surface area contributed by atoms with E-state index < -0.39 is 0 Å². The summed E-state index contributed by atoms with van der Waals surface area (Å²) in [5.41, 5.74) is 7.21. The standard InChI is InChI=1S/C13H16N4O3S.ClH/c1-8(11-3-4-20-13(19)21-11)17(7-18)6-10-5-15-9(2)16-12(10)14;/h5,7H,3-4,6H2,1-2H3,(H2,14,15,16);1H. The molecule has 0 unspecified atom stereocenters. The van der Waals surface area contributed by atoms with Crippen LogP contribution in [0.3, 0.4) is 0 Å². The molecule has 1 aliphatic rings. The van der Waals surface area contributed by atoms with Gasteiger partial charge in [-0.1, -0.05) is 0 Å². The fourth-order valence-corrected chi connectivity index (χ4v) is 2.67. The number of allylic oxidation sites excluding steroid dienone is 1. The number of aryl methyl sites for hydroxylation is 1. The summed E-state index contributed by atoms with van der Waals surface area (Å²) in [7, 11) is 0. The molecule has 1 aliphatic heterocycles. The van der Waals surface area contributed by atoms with Crippen LogP contribution in [0.1, 0.15) is 24.7 Å². The van der Waals surface area contributed by atoms with Crippen LogP contribution in [0.25, 0.3) is 0 Å². The van der Waals surface area contributed by atoms with E-state index in [0.29, 0.717) is 42.3 Å². The van der Waals surface area contributed by atoms with Gasteiger partial charge in [0, 0.05) is 28.8 Å². The maximum Gasteiger partial charge on any atom is 0.371 e. The molecule has 2 rings (SSSR count). The summed E-state index contributed by atoms with van der Waals surface area (Å²) >= 11 is 1.01. The third-order valence-corrected chi connectivity index (χ3v) is 4.11. The number of aromatic nitrogens is 2. The number of nitrogens with two attached hydrogens (primary N) is 1. The minimum Gasteiger partial charge on any atom is -0.457 e. The van der Waals surface area contributed by atoms with Crippen LogP contribution in [-0.4, -0.2) is 33.2 Å². The zero-order valence-corrected chi connectivity index (χ0v) is 13.9. The smallest absolute Gasteiger partial charge is 0.371 e. The van der Waals surface area contributed by atoms with Crippen LogP contribution in [0, 0.1) is 6.92 Å². The van der Waals surface area contributed by atoms with Gasteiger partial charge in [0.05, 0.1) is 13.2 Å². The molecule has 1 saturated heterocycles. The minimum atomic E-state index is -0.348. The quantitative estimate of drug-likeness (QED) is 0.660. The second-order valence-corrected chi connectivity index (χ2v) is 5.55. The van der Waals surface area contributed by atoms with Crippen molar-refractivity contribution in [3.05, 3.63) is 28.2 Å². The van der Waals surface area contributed by atoms with Crippen molar-refractivity contribution in [3.8, 4) is 0 Å². The molecule has 2 heterocycles. The highest BCUT2D eigenvalue weighted by Crippen LogP contribution is 2.31. The van der Waals surface area contributed by atoms with Crippen molar-refractivity contribution in [1.82, 2.24) is 14.9 Å². The molecule has 0 saturated carbocycles. The van der Waals surface area contributed by atoms with E-state index in [1.54, 1.807) is 20.0 Å². The summed E-state index contributed by atoms with van der Waals surface area (Å²) in [6.07, 6.45) is 2.92. The lowest BCUT2D eigenvalue weighted by Crippen LogP contribution is -2.23. The zero-order chi connectivity index (χ0) is 15.4. The van der Waals surface area contributed by atoms with E-state index in [2.05, 4.69) is 9.97 Å². The number of ether oxygens (including phenoxy) is 1. The molecule has 0 bridgehead atoms. The van der Waals surface area contributed by atoms with Crippen molar-refractivity contribution in [1.29, 1.82) is 0 Å². The maximum absolute atomic E-state index is 11.3. The largest absolute Gasteiger partial charge is 0.457 e. The summed E-state index contributed by atoms with van der Waals surface area (Å²) in [6, 6.07) is 0. The summed E-state index contributed by atoms with van der Waals surface area (Å²) in [4.78, 5) is 33.1. The lowest BCUT2D eigenvalue weighted by molar-refractivity contribution is -0.116. The molecule has 7 nitrogen and oxygen atoms in total. The van der Waals surface area contributed by atoms with Crippen LogP contribution in [0.5, 0.6) is 0 Å². The third-order valence-electron chi connectivity index (χ3n) is 3.08. The number of nitrogen functional groups attached to an aromatic ring is 1. The van der Waals surface area contributed by atoms with Gasteiger partial charge in [0.1, 0.15) is 11.6 Å². The van der Waals surface area contributed by atoms with Gasteiger partial charge < -0.3 is 15.4 Å². The number of cyclic esters (lactones) is 1. The minimum absolute atomic E-state index is 0. The Bertz CT molecular complexity index is 609. The molecule has 2 N–H and O–H groups in total. The molecule has 1 aromatic heterocycles. The highest BCUT2D eigenvalue weighted by Gasteiger charge is 2.20. The average molecular weight is 345 g/mol. The number of anilines is 1. The Morgan fingerprint density at radius 1 is 1.59 bits per heavy atom. The first-order chi connectivity index (χ1) is 10.0. The number of thioether (sulfide) groups is 1. The van der Waals surface area contributed by atoms with E-state index in [0.717, 1.165) is 16.7 Å². The van der Waals surface area contributed by atoms with E-state index in [1.807, 2.05) is 0 Å². The summed E-state index contributed by atoms with van der Waals surface area (Å²) in [6.45, 7) is 4.14. The number of nitrogens with zero attached hydrogens (tertiary/aromatic N) is 3. The van der Waals surface area contributed by atoms with E-state index in [-0.39, 0.29) is 24.3 Å². The van der Waals surface area contributed by atoms with Gasteiger partial charge in [-0.15, -0.1) is 12.4 Å². The van der Waals surface area contributed by atoms with Gasteiger partial charge >= 0.3 is 5.30 Å². The van der Waals surface area contributed by atoms with Gasteiger partial charge in [0.15, 0.2) is 0 Å². The molecular weight excluding hydrogens is 328 g/mol. The van der Waals surface area contributed by atoms with Crippen molar-refractivity contribution >= 4 is 41.7 Å². The average Bonchev–Trinajstić information content (AvgIpc) is 2.46. The van der Waals surface area contributed by atoms with Gasteiger partial charge in [-0.3, -0.25) is 4.79 Å². The topological polar surface area (TPSA) is 98.4 Å². The second kappa shape index (κ2) is 8.00. The molecule has 0 aliphatic carbocycles. The van der Waals surface area contributed by atoms with Crippen molar-refractivity contribution in [3.63, 3.8) is 0 Å². The SMILES string of the molecule is CC(=C1CCOC(=O)S1)N(C=O)Cc1cnc(C)nc1N.Cl. The molecule has 22 heavy (non-hydrogen) atoms. The van der Waals surface area contributed by atoms with Gasteiger partial charge in [0.2, 0.25) is 6.41 Å². The highest BCUT2D eigenvalue weighted by atomic mass is 35.5. The number of hydrogen-bond donors (Lipinski definition) is 1. The number of carbonyl (C=O) groups is 2. The lowest BCUT2D eigenvalue weighted by atomic mass is 10.2. The Morgan fingerprint density at radius 3 is 2.91 bits per heavy atom. The van der Waals surface area contributed by atoms with Crippen LogP contribution >= 0.6 is 24.2 Å². The van der Waals surface area contributed by atoms with Gasteiger partial charge in [-0.2, -0.15) is 0 Å². The van der Waals surface area contributed by atoms with Crippen molar-refractivity contribution in [2.75, 3.05) is 12.3 Å². The Balaban J connectivity index is 0.00000242. The van der Waals surface area contributed by atoms with E-state index in [4.69, 9.17) is 10.5 Å². The van der Waals surface area contributed by atoms with E-state index >= 15 is 0 Å². The predicted octanol–water partition coefficient (Wildman–Crippen LogP) is 2.25. The molecule has 0 radical (unpaired) electrons. The normalized spacial score (nSPS) is 16.4. The van der Waals surface area contributed by atoms with Crippen LogP contribution in [0.4, 0.5) is 10.6 Å². The molecule has 1 aromatic rings. The van der Waals surface area contributed by atoms with Crippen LogP contribution in [0.15, 0.2) is 16.8 Å². The van der Waals surface area contributed by atoms with Crippen LogP contribution < -0.4 is 5.73 Å². The maximum atomic E-state index is 11.3. The fraction of sp³-hybridized carbons (Fsp3) is 0.385. The molecule has 0 atom stereocenters.